The van der Waals surface area contributed by atoms with E-state index in [1.54, 1.807) is 12.5 Å². The monoisotopic (exact) mass is 210 g/mol. The number of amides is 1. The van der Waals surface area contributed by atoms with Crippen molar-refractivity contribution >= 4 is 5.91 Å². The van der Waals surface area contributed by atoms with Crippen LogP contribution in [-0.2, 0) is 11.2 Å². The summed E-state index contributed by atoms with van der Waals surface area (Å²) in [6.45, 7) is 1.45. The van der Waals surface area contributed by atoms with Crippen LogP contribution in [0, 0.1) is 0 Å². The van der Waals surface area contributed by atoms with Gasteiger partial charge in [0.25, 0.3) is 0 Å². The lowest BCUT2D eigenvalue weighted by Crippen LogP contribution is -2.28. The van der Waals surface area contributed by atoms with E-state index in [1.807, 2.05) is 19.0 Å². The second kappa shape index (κ2) is 6.19. The summed E-state index contributed by atoms with van der Waals surface area (Å²) in [5.41, 5.74) is 1.04. The number of hydrogen-bond acceptors (Lipinski definition) is 3. The molecule has 0 aromatic carbocycles. The zero-order valence-corrected chi connectivity index (χ0v) is 9.29. The first-order valence-electron chi connectivity index (χ1n) is 5.07. The summed E-state index contributed by atoms with van der Waals surface area (Å²) in [6, 6.07) is 0. The number of H-pyrrole nitrogens is 1. The molecule has 0 aliphatic heterocycles. The quantitative estimate of drug-likeness (QED) is 0.696. The SMILES string of the molecule is CN(C)CCC(=O)NCCc1cnc[nH]1. The van der Waals surface area contributed by atoms with Gasteiger partial charge in [-0.05, 0) is 14.1 Å². The van der Waals surface area contributed by atoms with Crippen molar-refractivity contribution in [3.8, 4) is 0 Å². The highest BCUT2D eigenvalue weighted by atomic mass is 16.1. The van der Waals surface area contributed by atoms with Crippen molar-refractivity contribution in [2.24, 2.45) is 0 Å². The van der Waals surface area contributed by atoms with Gasteiger partial charge in [-0.3, -0.25) is 4.79 Å². The van der Waals surface area contributed by atoms with Gasteiger partial charge in [0.1, 0.15) is 0 Å². The first-order valence-corrected chi connectivity index (χ1v) is 5.07. The Morgan fingerprint density at radius 1 is 1.60 bits per heavy atom. The van der Waals surface area contributed by atoms with E-state index in [0.29, 0.717) is 13.0 Å². The molecule has 1 heterocycles. The van der Waals surface area contributed by atoms with Crippen LogP contribution >= 0.6 is 0 Å². The van der Waals surface area contributed by atoms with Gasteiger partial charge in [-0.15, -0.1) is 0 Å². The minimum Gasteiger partial charge on any atom is -0.356 e. The zero-order chi connectivity index (χ0) is 11.1. The molecule has 1 aromatic heterocycles. The second-order valence-corrected chi connectivity index (χ2v) is 3.73. The van der Waals surface area contributed by atoms with Gasteiger partial charge in [0.2, 0.25) is 5.91 Å². The molecular weight excluding hydrogens is 192 g/mol. The minimum absolute atomic E-state index is 0.100. The van der Waals surface area contributed by atoms with Crippen LogP contribution in [-0.4, -0.2) is 48.0 Å². The summed E-state index contributed by atoms with van der Waals surface area (Å²) in [5.74, 6) is 0.100. The van der Waals surface area contributed by atoms with Crippen molar-refractivity contribution in [3.63, 3.8) is 0 Å². The molecule has 0 fully saturated rings. The normalized spacial score (nSPS) is 10.6. The Balaban J connectivity index is 2.07. The highest BCUT2D eigenvalue weighted by Gasteiger charge is 2.01. The van der Waals surface area contributed by atoms with Crippen molar-refractivity contribution in [2.75, 3.05) is 27.2 Å². The number of hydrogen-bond donors (Lipinski definition) is 2. The topological polar surface area (TPSA) is 61.0 Å². The van der Waals surface area contributed by atoms with Crippen LogP contribution in [0.4, 0.5) is 0 Å². The minimum atomic E-state index is 0.100. The van der Waals surface area contributed by atoms with Crippen LogP contribution in [0.2, 0.25) is 0 Å². The largest absolute Gasteiger partial charge is 0.356 e. The van der Waals surface area contributed by atoms with Crippen molar-refractivity contribution in [3.05, 3.63) is 18.2 Å². The molecule has 2 N–H and O–H groups in total. The van der Waals surface area contributed by atoms with Crippen molar-refractivity contribution < 1.29 is 4.79 Å². The van der Waals surface area contributed by atoms with Crippen LogP contribution in [0.1, 0.15) is 12.1 Å². The first kappa shape index (κ1) is 11.7. The molecule has 0 aliphatic rings. The maximum absolute atomic E-state index is 11.3. The molecule has 0 radical (unpaired) electrons. The third-order valence-electron chi connectivity index (χ3n) is 2.06. The van der Waals surface area contributed by atoms with E-state index >= 15 is 0 Å². The molecule has 15 heavy (non-hydrogen) atoms. The van der Waals surface area contributed by atoms with Gasteiger partial charge in [0, 0.05) is 37.8 Å². The fraction of sp³-hybridized carbons (Fsp3) is 0.600. The smallest absolute Gasteiger partial charge is 0.221 e. The third kappa shape index (κ3) is 5.17. The standard InChI is InChI=1S/C10H18N4O/c1-14(2)6-4-10(15)12-5-3-9-7-11-8-13-9/h7-8H,3-6H2,1-2H3,(H,11,13)(H,12,15). The summed E-state index contributed by atoms with van der Waals surface area (Å²) in [4.78, 5) is 20.2. The van der Waals surface area contributed by atoms with Crippen LogP contribution in [0.3, 0.4) is 0 Å². The summed E-state index contributed by atoms with van der Waals surface area (Å²) >= 11 is 0. The number of imidazole rings is 1. The Labute approximate surface area is 89.9 Å². The van der Waals surface area contributed by atoms with Crippen LogP contribution in [0.5, 0.6) is 0 Å². The predicted molar refractivity (Wildman–Crippen MR) is 58.5 cm³/mol. The lowest BCUT2D eigenvalue weighted by Gasteiger charge is -2.09. The highest BCUT2D eigenvalue weighted by Crippen LogP contribution is 1.91. The Bertz CT molecular complexity index is 282. The van der Waals surface area contributed by atoms with Gasteiger partial charge in [0.15, 0.2) is 0 Å². The maximum atomic E-state index is 11.3. The second-order valence-electron chi connectivity index (χ2n) is 3.73. The Morgan fingerprint density at radius 2 is 2.40 bits per heavy atom. The van der Waals surface area contributed by atoms with Gasteiger partial charge < -0.3 is 15.2 Å². The number of aromatic amines is 1. The van der Waals surface area contributed by atoms with Gasteiger partial charge in [0.05, 0.1) is 6.33 Å². The fourth-order valence-corrected chi connectivity index (χ4v) is 1.17. The number of nitrogens with zero attached hydrogens (tertiary/aromatic N) is 2. The Morgan fingerprint density at radius 3 is 3.00 bits per heavy atom. The van der Waals surface area contributed by atoms with Gasteiger partial charge in [-0.2, -0.15) is 0 Å². The average Bonchev–Trinajstić information content (AvgIpc) is 2.67. The molecule has 1 aromatic rings. The van der Waals surface area contributed by atoms with Crippen molar-refractivity contribution in [1.29, 1.82) is 0 Å². The summed E-state index contributed by atoms with van der Waals surface area (Å²) in [6.07, 6.45) is 4.76. The molecular formula is C10H18N4O. The van der Waals surface area contributed by atoms with E-state index in [9.17, 15) is 4.79 Å². The van der Waals surface area contributed by atoms with Gasteiger partial charge in [-0.25, -0.2) is 4.98 Å². The lowest BCUT2D eigenvalue weighted by atomic mass is 10.3. The molecule has 5 nitrogen and oxygen atoms in total. The molecule has 5 heteroatoms. The molecule has 1 amide bonds. The lowest BCUT2D eigenvalue weighted by molar-refractivity contribution is -0.121. The van der Waals surface area contributed by atoms with Crippen LogP contribution in [0.15, 0.2) is 12.5 Å². The van der Waals surface area contributed by atoms with Gasteiger partial charge >= 0.3 is 0 Å². The van der Waals surface area contributed by atoms with E-state index in [-0.39, 0.29) is 5.91 Å². The highest BCUT2D eigenvalue weighted by molar-refractivity contribution is 5.76. The van der Waals surface area contributed by atoms with Gasteiger partial charge in [-0.1, -0.05) is 0 Å². The summed E-state index contributed by atoms with van der Waals surface area (Å²) in [7, 11) is 3.91. The average molecular weight is 210 g/mol. The molecule has 0 saturated carbocycles. The molecule has 1 rings (SSSR count). The van der Waals surface area contributed by atoms with Crippen LogP contribution in [0.25, 0.3) is 0 Å². The van der Waals surface area contributed by atoms with E-state index in [0.717, 1.165) is 18.7 Å². The number of aromatic nitrogens is 2. The third-order valence-corrected chi connectivity index (χ3v) is 2.06. The van der Waals surface area contributed by atoms with Crippen molar-refractivity contribution in [2.45, 2.75) is 12.8 Å². The molecule has 0 aliphatic carbocycles. The van der Waals surface area contributed by atoms with Crippen molar-refractivity contribution in [1.82, 2.24) is 20.2 Å². The molecule has 0 saturated heterocycles. The molecule has 0 spiro atoms. The van der Waals surface area contributed by atoms with E-state index in [1.165, 1.54) is 0 Å². The molecule has 84 valence electrons. The molecule has 0 bridgehead atoms. The molecule has 0 unspecified atom stereocenters. The predicted octanol–water partition coefficient (Wildman–Crippen LogP) is 0.0201. The van der Waals surface area contributed by atoms with E-state index < -0.39 is 0 Å². The first-order chi connectivity index (χ1) is 7.18. The van der Waals surface area contributed by atoms with Crippen LogP contribution < -0.4 is 5.32 Å². The maximum Gasteiger partial charge on any atom is 0.221 e. The Hall–Kier alpha value is -1.36. The Kier molecular flexibility index (Phi) is 4.83. The van der Waals surface area contributed by atoms with E-state index in [4.69, 9.17) is 0 Å². The fourth-order valence-electron chi connectivity index (χ4n) is 1.17. The zero-order valence-electron chi connectivity index (χ0n) is 9.29. The number of carbonyl (C=O) groups excluding carboxylic acids is 1. The summed E-state index contributed by atoms with van der Waals surface area (Å²) < 4.78 is 0. The summed E-state index contributed by atoms with van der Waals surface area (Å²) in [5, 5.41) is 2.86. The number of nitrogens with one attached hydrogen (secondary N) is 2. The van der Waals surface area contributed by atoms with E-state index in [2.05, 4.69) is 15.3 Å². The molecule has 0 atom stereocenters. The number of rotatable bonds is 6. The number of carbonyl (C=O) groups is 1.